The van der Waals surface area contributed by atoms with E-state index < -0.39 is 5.91 Å². The number of aromatic amines is 1. The number of rotatable bonds is 2. The van der Waals surface area contributed by atoms with E-state index in [1.165, 1.54) is 12.1 Å². The molecule has 0 saturated carbocycles. The molecular formula is C16H10FN3O. The van der Waals surface area contributed by atoms with Crippen molar-refractivity contribution in [3.05, 3.63) is 59.5 Å². The summed E-state index contributed by atoms with van der Waals surface area (Å²) in [6.07, 6.45) is 0. The van der Waals surface area contributed by atoms with Gasteiger partial charge < -0.3 is 10.7 Å². The fourth-order valence-electron chi connectivity index (χ4n) is 2.35. The lowest BCUT2D eigenvalue weighted by Gasteiger charge is -2.02. The Hall–Kier alpha value is -3.13. The number of aromatic nitrogens is 1. The van der Waals surface area contributed by atoms with Crippen LogP contribution in [0.25, 0.3) is 22.0 Å². The van der Waals surface area contributed by atoms with Crippen LogP contribution in [0.3, 0.4) is 0 Å². The Kier molecular flexibility index (Phi) is 2.92. The molecule has 4 nitrogen and oxygen atoms in total. The van der Waals surface area contributed by atoms with Crippen LogP contribution in [-0.2, 0) is 0 Å². The van der Waals surface area contributed by atoms with Crippen molar-refractivity contribution in [3.63, 3.8) is 0 Å². The third-order valence-corrected chi connectivity index (χ3v) is 3.33. The third kappa shape index (κ3) is 2.13. The summed E-state index contributed by atoms with van der Waals surface area (Å²) >= 11 is 0. The average Bonchev–Trinajstić information content (AvgIpc) is 2.85. The normalized spacial score (nSPS) is 10.5. The zero-order valence-corrected chi connectivity index (χ0v) is 10.9. The van der Waals surface area contributed by atoms with Crippen LogP contribution in [0.4, 0.5) is 4.39 Å². The maximum absolute atomic E-state index is 13.5. The SMILES string of the molecule is N#Cc1[nH]c2ccc(F)cc2c1-c1ccc(C(N)=O)cc1. The zero-order chi connectivity index (χ0) is 15.0. The lowest BCUT2D eigenvalue weighted by molar-refractivity contribution is 0.100. The van der Waals surface area contributed by atoms with Gasteiger partial charge in [0.1, 0.15) is 17.6 Å². The molecule has 5 heteroatoms. The fourth-order valence-corrected chi connectivity index (χ4v) is 2.35. The van der Waals surface area contributed by atoms with Gasteiger partial charge >= 0.3 is 0 Å². The predicted molar refractivity (Wildman–Crippen MR) is 76.9 cm³/mol. The molecule has 0 aliphatic carbocycles. The first-order chi connectivity index (χ1) is 10.1. The van der Waals surface area contributed by atoms with Gasteiger partial charge in [0.15, 0.2) is 0 Å². The van der Waals surface area contributed by atoms with E-state index in [0.29, 0.717) is 33.3 Å². The smallest absolute Gasteiger partial charge is 0.248 e. The highest BCUT2D eigenvalue weighted by molar-refractivity contribution is 5.99. The maximum Gasteiger partial charge on any atom is 0.248 e. The molecule has 3 aromatic rings. The number of fused-ring (bicyclic) bond motifs is 1. The number of carbonyl (C=O) groups is 1. The standard InChI is InChI=1S/C16H10FN3O/c17-11-5-6-13-12(7-11)15(14(8-18)20-13)9-1-3-10(4-2-9)16(19)21/h1-7,20H,(H2,19,21). The molecule has 0 fully saturated rings. The number of benzene rings is 2. The number of halogens is 1. The van der Waals surface area contributed by atoms with Crippen molar-refractivity contribution in [2.45, 2.75) is 0 Å². The maximum atomic E-state index is 13.5. The first-order valence-corrected chi connectivity index (χ1v) is 6.21. The van der Waals surface area contributed by atoms with Gasteiger partial charge in [-0.15, -0.1) is 0 Å². The van der Waals surface area contributed by atoms with Gasteiger partial charge in [-0.05, 0) is 35.9 Å². The molecule has 0 atom stereocenters. The van der Waals surface area contributed by atoms with Gasteiger partial charge in [-0.2, -0.15) is 5.26 Å². The largest absolute Gasteiger partial charge is 0.366 e. The van der Waals surface area contributed by atoms with Crippen LogP contribution in [0.1, 0.15) is 16.1 Å². The molecule has 0 radical (unpaired) electrons. The Morgan fingerprint density at radius 3 is 2.52 bits per heavy atom. The van der Waals surface area contributed by atoms with Crippen LogP contribution >= 0.6 is 0 Å². The Balaban J connectivity index is 2.25. The van der Waals surface area contributed by atoms with E-state index in [2.05, 4.69) is 11.1 Å². The number of amides is 1. The minimum Gasteiger partial charge on any atom is -0.366 e. The number of nitrogens with zero attached hydrogens (tertiary/aromatic N) is 1. The number of hydrogen-bond donors (Lipinski definition) is 2. The molecular weight excluding hydrogens is 269 g/mol. The monoisotopic (exact) mass is 279 g/mol. The topological polar surface area (TPSA) is 82.7 Å². The molecule has 1 amide bonds. The molecule has 0 saturated heterocycles. The lowest BCUT2D eigenvalue weighted by atomic mass is 10.0. The molecule has 1 heterocycles. The zero-order valence-electron chi connectivity index (χ0n) is 10.9. The van der Waals surface area contributed by atoms with Crippen molar-refractivity contribution >= 4 is 16.8 Å². The number of H-pyrrole nitrogens is 1. The van der Waals surface area contributed by atoms with E-state index in [4.69, 9.17) is 5.73 Å². The van der Waals surface area contributed by atoms with Gasteiger partial charge in [0.2, 0.25) is 5.91 Å². The van der Waals surface area contributed by atoms with Crippen molar-refractivity contribution in [1.29, 1.82) is 5.26 Å². The highest BCUT2D eigenvalue weighted by Crippen LogP contribution is 2.32. The predicted octanol–water partition coefficient (Wildman–Crippen LogP) is 2.94. The molecule has 3 rings (SSSR count). The second-order valence-corrected chi connectivity index (χ2v) is 4.62. The van der Waals surface area contributed by atoms with E-state index in [1.54, 1.807) is 30.3 Å². The summed E-state index contributed by atoms with van der Waals surface area (Å²) in [6.45, 7) is 0. The molecule has 0 aliphatic rings. The summed E-state index contributed by atoms with van der Waals surface area (Å²) in [5, 5.41) is 9.87. The van der Waals surface area contributed by atoms with Crippen LogP contribution in [-0.4, -0.2) is 10.9 Å². The number of nitrogens with one attached hydrogen (secondary N) is 1. The molecule has 21 heavy (non-hydrogen) atoms. The summed E-state index contributed by atoms with van der Waals surface area (Å²) in [5.74, 6) is -0.895. The number of nitriles is 1. The van der Waals surface area contributed by atoms with Gasteiger partial charge in [0.05, 0.1) is 0 Å². The second kappa shape index (κ2) is 4.76. The summed E-state index contributed by atoms with van der Waals surface area (Å²) < 4.78 is 13.5. The van der Waals surface area contributed by atoms with Crippen molar-refractivity contribution < 1.29 is 9.18 Å². The number of carbonyl (C=O) groups excluding carboxylic acids is 1. The molecule has 102 valence electrons. The summed E-state index contributed by atoms with van der Waals surface area (Å²) in [7, 11) is 0. The van der Waals surface area contributed by atoms with Crippen LogP contribution in [0.2, 0.25) is 0 Å². The van der Waals surface area contributed by atoms with Crippen molar-refractivity contribution in [2.75, 3.05) is 0 Å². The van der Waals surface area contributed by atoms with Crippen molar-refractivity contribution in [3.8, 4) is 17.2 Å². The molecule has 0 unspecified atom stereocenters. The van der Waals surface area contributed by atoms with Crippen LogP contribution in [0.15, 0.2) is 42.5 Å². The Morgan fingerprint density at radius 1 is 1.19 bits per heavy atom. The van der Waals surface area contributed by atoms with E-state index in [9.17, 15) is 14.4 Å². The van der Waals surface area contributed by atoms with Gasteiger partial charge in [-0.3, -0.25) is 4.79 Å². The molecule has 2 aromatic carbocycles. The van der Waals surface area contributed by atoms with E-state index >= 15 is 0 Å². The van der Waals surface area contributed by atoms with Crippen LogP contribution < -0.4 is 5.73 Å². The van der Waals surface area contributed by atoms with Gasteiger partial charge in [-0.1, -0.05) is 12.1 Å². The van der Waals surface area contributed by atoms with Crippen LogP contribution in [0.5, 0.6) is 0 Å². The third-order valence-electron chi connectivity index (χ3n) is 3.33. The Morgan fingerprint density at radius 2 is 1.90 bits per heavy atom. The van der Waals surface area contributed by atoms with Gasteiger partial charge in [0.25, 0.3) is 0 Å². The molecule has 0 aliphatic heterocycles. The Bertz CT molecular complexity index is 888. The second-order valence-electron chi connectivity index (χ2n) is 4.62. The number of primary amides is 1. The average molecular weight is 279 g/mol. The van der Waals surface area contributed by atoms with Crippen molar-refractivity contribution in [2.24, 2.45) is 5.73 Å². The molecule has 0 spiro atoms. The fraction of sp³-hybridized carbons (Fsp3) is 0. The minimum atomic E-state index is -0.521. The highest BCUT2D eigenvalue weighted by Gasteiger charge is 2.14. The minimum absolute atomic E-state index is 0.349. The molecule has 1 aromatic heterocycles. The van der Waals surface area contributed by atoms with E-state index in [0.717, 1.165) is 0 Å². The molecule has 3 N–H and O–H groups in total. The first-order valence-electron chi connectivity index (χ1n) is 6.21. The highest BCUT2D eigenvalue weighted by atomic mass is 19.1. The van der Waals surface area contributed by atoms with Crippen molar-refractivity contribution in [1.82, 2.24) is 4.98 Å². The Labute approximate surface area is 119 Å². The van der Waals surface area contributed by atoms with E-state index in [-0.39, 0.29) is 5.82 Å². The van der Waals surface area contributed by atoms with E-state index in [1.807, 2.05) is 0 Å². The summed E-state index contributed by atoms with van der Waals surface area (Å²) in [6, 6.07) is 12.9. The quantitative estimate of drug-likeness (QED) is 0.756. The summed E-state index contributed by atoms with van der Waals surface area (Å²) in [5.41, 5.74) is 7.94. The van der Waals surface area contributed by atoms with Crippen LogP contribution in [0, 0.1) is 17.1 Å². The number of hydrogen-bond acceptors (Lipinski definition) is 2. The molecule has 0 bridgehead atoms. The van der Waals surface area contributed by atoms with Gasteiger partial charge in [0, 0.05) is 22.0 Å². The number of nitrogens with two attached hydrogens (primary N) is 1. The summed E-state index contributed by atoms with van der Waals surface area (Å²) in [4.78, 5) is 14.1. The first kappa shape index (κ1) is 12.9. The lowest BCUT2D eigenvalue weighted by Crippen LogP contribution is -2.10. The van der Waals surface area contributed by atoms with Gasteiger partial charge in [-0.25, -0.2) is 4.39 Å².